The van der Waals surface area contributed by atoms with Crippen molar-refractivity contribution < 1.29 is 14.0 Å². The maximum Gasteiger partial charge on any atom is 0.227 e. The molecule has 1 aromatic heterocycles. The third-order valence-corrected chi connectivity index (χ3v) is 6.20. The molecule has 8 heteroatoms. The average molecular weight is 351 g/mol. The third-order valence-electron chi connectivity index (χ3n) is 4.11. The van der Waals surface area contributed by atoms with Gasteiger partial charge in [-0.05, 0) is 24.6 Å². The monoisotopic (exact) mass is 351 g/mol. The summed E-state index contributed by atoms with van der Waals surface area (Å²) in [4.78, 5) is 30.2. The molecule has 0 spiro atoms. The van der Waals surface area contributed by atoms with Gasteiger partial charge < -0.3 is 10.2 Å². The Morgan fingerprint density at radius 2 is 2.22 bits per heavy atom. The summed E-state index contributed by atoms with van der Waals surface area (Å²) in [5, 5.41) is 3.70. The molecule has 2 aliphatic rings. The van der Waals surface area contributed by atoms with Gasteiger partial charge in [-0.3, -0.25) is 9.59 Å². The number of anilines is 1. The van der Waals surface area contributed by atoms with Crippen LogP contribution in [0.4, 0.5) is 9.52 Å². The first kappa shape index (κ1) is 14.9. The number of thioether (sulfide) groups is 1. The molecular formula is C15H14FN3O2S2. The lowest BCUT2D eigenvalue weighted by Gasteiger charge is -2.38. The number of hydrogen-bond donors (Lipinski definition) is 1. The highest BCUT2D eigenvalue weighted by molar-refractivity contribution is 8.14. The molecule has 2 aliphatic heterocycles. The van der Waals surface area contributed by atoms with Crippen molar-refractivity contribution in [2.75, 3.05) is 23.7 Å². The standard InChI is InChI=1S/C15H14FN3O2S2/c16-9-1-2-10-12(5-9)23-15(18-10)19-6-8(7-19)13(20)17-11-3-4-22-14(11)21/h1-2,5,8,11H,3-4,6-7H2,(H,17,20). The summed E-state index contributed by atoms with van der Waals surface area (Å²) in [5.74, 6) is 0.335. The Labute approximate surface area is 140 Å². The van der Waals surface area contributed by atoms with Crippen LogP contribution in [0.15, 0.2) is 18.2 Å². The first-order valence-corrected chi connectivity index (χ1v) is 9.18. The molecule has 0 radical (unpaired) electrons. The molecule has 1 aromatic carbocycles. The van der Waals surface area contributed by atoms with Crippen molar-refractivity contribution in [3.05, 3.63) is 24.0 Å². The van der Waals surface area contributed by atoms with Gasteiger partial charge in [0.15, 0.2) is 5.13 Å². The van der Waals surface area contributed by atoms with Gasteiger partial charge in [-0.15, -0.1) is 0 Å². The number of carbonyl (C=O) groups is 2. The fourth-order valence-corrected chi connectivity index (χ4v) is 4.68. The van der Waals surface area contributed by atoms with Gasteiger partial charge in [-0.25, -0.2) is 9.37 Å². The summed E-state index contributed by atoms with van der Waals surface area (Å²) in [6, 6.07) is 4.21. The number of thiazole rings is 1. The number of halogens is 1. The van der Waals surface area contributed by atoms with E-state index in [-0.39, 0.29) is 28.8 Å². The van der Waals surface area contributed by atoms with Crippen LogP contribution in [0, 0.1) is 11.7 Å². The van der Waals surface area contributed by atoms with Crippen LogP contribution < -0.4 is 10.2 Å². The fourth-order valence-electron chi connectivity index (χ4n) is 2.74. The highest BCUT2D eigenvalue weighted by Gasteiger charge is 2.37. The van der Waals surface area contributed by atoms with Crippen LogP contribution in [-0.2, 0) is 9.59 Å². The van der Waals surface area contributed by atoms with Crippen LogP contribution in [0.25, 0.3) is 10.2 Å². The number of nitrogens with zero attached hydrogens (tertiary/aromatic N) is 2. The molecule has 120 valence electrons. The van der Waals surface area contributed by atoms with Gasteiger partial charge in [-0.1, -0.05) is 23.1 Å². The minimum Gasteiger partial charge on any atom is -0.346 e. The van der Waals surface area contributed by atoms with Gasteiger partial charge in [0.1, 0.15) is 5.82 Å². The number of nitrogens with one attached hydrogen (secondary N) is 1. The van der Waals surface area contributed by atoms with Gasteiger partial charge in [-0.2, -0.15) is 0 Å². The van der Waals surface area contributed by atoms with Crippen LogP contribution in [0.2, 0.25) is 0 Å². The number of fused-ring (bicyclic) bond motifs is 1. The normalized spacial score (nSPS) is 21.7. The number of benzene rings is 1. The molecule has 1 atom stereocenters. The van der Waals surface area contributed by atoms with Crippen molar-refractivity contribution in [2.24, 2.45) is 5.92 Å². The van der Waals surface area contributed by atoms with Crippen LogP contribution in [-0.4, -0.2) is 40.9 Å². The summed E-state index contributed by atoms with van der Waals surface area (Å²) >= 11 is 2.71. The highest BCUT2D eigenvalue weighted by Crippen LogP contribution is 2.33. The maximum absolute atomic E-state index is 13.2. The van der Waals surface area contributed by atoms with E-state index in [0.717, 1.165) is 27.5 Å². The predicted molar refractivity (Wildman–Crippen MR) is 89.3 cm³/mol. The largest absolute Gasteiger partial charge is 0.346 e. The quantitative estimate of drug-likeness (QED) is 0.917. The van der Waals surface area contributed by atoms with Crippen LogP contribution >= 0.6 is 23.1 Å². The van der Waals surface area contributed by atoms with Crippen molar-refractivity contribution in [3.8, 4) is 0 Å². The van der Waals surface area contributed by atoms with E-state index in [1.807, 2.05) is 4.90 Å². The van der Waals surface area contributed by atoms with Crippen molar-refractivity contribution >= 4 is 49.5 Å². The second kappa shape index (κ2) is 5.76. The van der Waals surface area contributed by atoms with E-state index < -0.39 is 0 Å². The van der Waals surface area contributed by atoms with Gasteiger partial charge >= 0.3 is 0 Å². The summed E-state index contributed by atoms with van der Waals surface area (Å²) < 4.78 is 14.0. The fraction of sp³-hybridized carbons (Fsp3) is 0.400. The molecule has 1 amide bonds. The summed E-state index contributed by atoms with van der Waals surface area (Å²) in [7, 11) is 0. The molecule has 0 bridgehead atoms. The minimum absolute atomic E-state index is 0.0581. The summed E-state index contributed by atoms with van der Waals surface area (Å²) in [6.45, 7) is 1.17. The number of rotatable bonds is 3. The Hall–Kier alpha value is -1.67. The molecule has 5 nitrogen and oxygen atoms in total. The SMILES string of the molecule is O=C(NC1CCSC1=O)C1CN(c2nc3ccc(F)cc3s2)C1. The molecule has 1 N–H and O–H groups in total. The lowest BCUT2D eigenvalue weighted by atomic mass is 9.99. The predicted octanol–water partition coefficient (Wildman–Crippen LogP) is 2.02. The van der Waals surface area contributed by atoms with Gasteiger partial charge in [0, 0.05) is 18.8 Å². The molecule has 2 saturated heterocycles. The van der Waals surface area contributed by atoms with E-state index in [9.17, 15) is 14.0 Å². The Morgan fingerprint density at radius 3 is 2.96 bits per heavy atom. The zero-order valence-corrected chi connectivity index (χ0v) is 13.8. The van der Waals surface area contributed by atoms with Gasteiger partial charge in [0.05, 0.1) is 22.2 Å². The van der Waals surface area contributed by atoms with Gasteiger partial charge in [0.25, 0.3) is 0 Å². The smallest absolute Gasteiger partial charge is 0.227 e. The minimum atomic E-state index is -0.327. The highest BCUT2D eigenvalue weighted by atomic mass is 32.2. The molecule has 2 fully saturated rings. The summed E-state index contributed by atoms with van der Waals surface area (Å²) in [6.07, 6.45) is 0.717. The zero-order valence-electron chi connectivity index (χ0n) is 12.1. The Morgan fingerprint density at radius 1 is 1.39 bits per heavy atom. The van der Waals surface area contributed by atoms with Crippen molar-refractivity contribution in [1.82, 2.24) is 10.3 Å². The molecule has 4 rings (SSSR count). The Bertz CT molecular complexity index is 788. The Balaban J connectivity index is 1.38. The first-order chi connectivity index (χ1) is 11.1. The van der Waals surface area contributed by atoms with E-state index in [0.29, 0.717) is 13.1 Å². The van der Waals surface area contributed by atoms with Crippen molar-refractivity contribution in [3.63, 3.8) is 0 Å². The molecule has 23 heavy (non-hydrogen) atoms. The van der Waals surface area contributed by atoms with E-state index in [2.05, 4.69) is 10.3 Å². The Kier molecular flexibility index (Phi) is 3.73. The van der Waals surface area contributed by atoms with E-state index in [4.69, 9.17) is 0 Å². The second-order valence-electron chi connectivity index (χ2n) is 5.73. The number of amides is 1. The van der Waals surface area contributed by atoms with Crippen LogP contribution in [0.5, 0.6) is 0 Å². The topological polar surface area (TPSA) is 62.3 Å². The summed E-state index contributed by atoms with van der Waals surface area (Å²) in [5.41, 5.74) is 0.771. The molecule has 0 aliphatic carbocycles. The lowest BCUT2D eigenvalue weighted by molar-refractivity contribution is -0.128. The number of carbonyl (C=O) groups excluding carboxylic acids is 2. The van der Waals surface area contributed by atoms with Crippen molar-refractivity contribution in [2.45, 2.75) is 12.5 Å². The average Bonchev–Trinajstić information content (AvgIpc) is 3.03. The molecule has 3 heterocycles. The molecule has 1 unspecified atom stereocenters. The number of hydrogen-bond acceptors (Lipinski definition) is 6. The third kappa shape index (κ3) is 2.81. The van der Waals surface area contributed by atoms with Gasteiger partial charge in [0.2, 0.25) is 11.0 Å². The number of aromatic nitrogens is 1. The van der Waals surface area contributed by atoms with E-state index >= 15 is 0 Å². The second-order valence-corrected chi connectivity index (χ2v) is 7.84. The van der Waals surface area contributed by atoms with Crippen LogP contribution in [0.3, 0.4) is 0 Å². The molecular weight excluding hydrogens is 337 g/mol. The van der Waals surface area contributed by atoms with E-state index in [1.165, 1.54) is 35.2 Å². The lowest BCUT2D eigenvalue weighted by Crippen LogP contribution is -2.55. The molecule has 2 aromatic rings. The maximum atomic E-state index is 13.2. The zero-order chi connectivity index (χ0) is 16.0. The van der Waals surface area contributed by atoms with Crippen LogP contribution in [0.1, 0.15) is 6.42 Å². The molecule has 0 saturated carbocycles. The van der Waals surface area contributed by atoms with Crippen molar-refractivity contribution in [1.29, 1.82) is 0 Å². The van der Waals surface area contributed by atoms with E-state index in [1.54, 1.807) is 6.07 Å². The first-order valence-electron chi connectivity index (χ1n) is 7.38.